The minimum Gasteiger partial charge on any atom is -0.384 e. The summed E-state index contributed by atoms with van der Waals surface area (Å²) >= 11 is 7.48. The number of fused-ring (bicyclic) bond motifs is 2. The van der Waals surface area contributed by atoms with Gasteiger partial charge in [-0.05, 0) is 31.3 Å². The van der Waals surface area contributed by atoms with Gasteiger partial charge in [-0.2, -0.15) is 5.01 Å². The number of hydrogen-bond donors (Lipinski definition) is 3. The van der Waals surface area contributed by atoms with Gasteiger partial charge < -0.3 is 29.6 Å². The summed E-state index contributed by atoms with van der Waals surface area (Å²) in [6.45, 7) is 2.86. The number of aromatic nitrogens is 2. The first-order chi connectivity index (χ1) is 19.7. The average molecular weight is 641 g/mol. The SMILES string of the molecule is COCC(COC)C(=O)N1CCN(NC(=O)c2cc3cc(Cl)ccc3[nH]2)C(NC(=O)c2nc3c(s2)CN(C)CC3)C1.Cl. The summed E-state index contributed by atoms with van der Waals surface area (Å²) < 4.78 is 10.5. The Hall–Kier alpha value is -2.78. The van der Waals surface area contributed by atoms with Crippen molar-refractivity contribution in [2.24, 2.45) is 5.92 Å². The maximum absolute atomic E-state index is 13.4. The molecular weight excluding hydrogens is 605 g/mol. The van der Waals surface area contributed by atoms with Crippen molar-refractivity contribution >= 4 is 64.0 Å². The largest absolute Gasteiger partial charge is 0.384 e. The number of aromatic amines is 1. The van der Waals surface area contributed by atoms with Gasteiger partial charge in [-0.3, -0.25) is 19.8 Å². The van der Waals surface area contributed by atoms with Crippen LogP contribution in [0.3, 0.4) is 0 Å². The Bertz CT molecular complexity index is 1430. The van der Waals surface area contributed by atoms with E-state index >= 15 is 0 Å². The molecule has 4 heterocycles. The molecule has 0 saturated carbocycles. The number of thiazole rings is 1. The summed E-state index contributed by atoms with van der Waals surface area (Å²) in [6, 6.07) is 7.06. The van der Waals surface area contributed by atoms with Gasteiger partial charge in [-0.25, -0.2) is 4.98 Å². The van der Waals surface area contributed by atoms with Gasteiger partial charge in [-0.15, -0.1) is 23.7 Å². The molecular formula is C27H35Cl2N7O5S. The number of piperazine rings is 1. The van der Waals surface area contributed by atoms with Crippen molar-refractivity contribution in [2.75, 3.05) is 60.7 Å². The second-order valence-corrected chi connectivity index (χ2v) is 11.8. The Labute approximate surface area is 259 Å². The molecule has 3 N–H and O–H groups in total. The molecule has 2 aliphatic heterocycles. The lowest BCUT2D eigenvalue weighted by molar-refractivity contribution is -0.143. The lowest BCUT2D eigenvalue weighted by Gasteiger charge is -2.42. The Morgan fingerprint density at radius 1 is 1.14 bits per heavy atom. The fourth-order valence-corrected chi connectivity index (χ4v) is 6.41. The van der Waals surface area contributed by atoms with Crippen molar-refractivity contribution in [2.45, 2.75) is 19.1 Å². The maximum Gasteiger partial charge on any atom is 0.282 e. The lowest BCUT2D eigenvalue weighted by atomic mass is 10.1. The number of nitrogens with zero attached hydrogens (tertiary/aromatic N) is 4. The topological polar surface area (TPSA) is 132 Å². The van der Waals surface area contributed by atoms with Crippen LogP contribution in [0.25, 0.3) is 10.9 Å². The second-order valence-electron chi connectivity index (χ2n) is 10.3. The third kappa shape index (κ3) is 7.22. The van der Waals surface area contributed by atoms with Crippen molar-refractivity contribution in [1.29, 1.82) is 0 Å². The molecule has 0 spiro atoms. The molecule has 5 rings (SSSR count). The summed E-state index contributed by atoms with van der Waals surface area (Å²) in [5.74, 6) is -1.35. The molecule has 3 amide bonds. The quantitative estimate of drug-likeness (QED) is 0.324. The van der Waals surface area contributed by atoms with Crippen LogP contribution in [0.2, 0.25) is 5.02 Å². The van der Waals surface area contributed by atoms with E-state index in [-0.39, 0.29) is 49.9 Å². The van der Waals surface area contributed by atoms with Crippen molar-refractivity contribution in [3.05, 3.63) is 50.6 Å². The van der Waals surface area contributed by atoms with Gasteiger partial charge >= 0.3 is 0 Å². The number of amides is 3. The maximum atomic E-state index is 13.4. The van der Waals surface area contributed by atoms with Crippen LogP contribution in [0.4, 0.5) is 0 Å². The standard InChI is InChI=1S/C27H34ClN7O5S.ClH/c1-33-7-6-20-22(12-33)41-26(30-20)25(37)31-23-13-34(27(38)17(14-39-2)15-40-3)8-9-35(23)32-24(36)21-11-16-10-18(28)4-5-19(16)29-21;/h4-5,10-11,17,23,29H,6-9,12-15H2,1-3H3,(H,31,37)(H,32,36);1H. The normalized spacial score (nSPS) is 17.6. The van der Waals surface area contributed by atoms with Gasteiger partial charge in [0.25, 0.3) is 11.8 Å². The lowest BCUT2D eigenvalue weighted by Crippen LogP contribution is -2.66. The predicted molar refractivity (Wildman–Crippen MR) is 162 cm³/mol. The van der Waals surface area contributed by atoms with Crippen LogP contribution < -0.4 is 10.7 Å². The van der Waals surface area contributed by atoms with Gasteiger partial charge in [0.05, 0.1) is 31.4 Å². The number of benzene rings is 1. The zero-order valence-corrected chi connectivity index (χ0v) is 26.0. The monoisotopic (exact) mass is 639 g/mol. The highest BCUT2D eigenvalue weighted by molar-refractivity contribution is 7.13. The van der Waals surface area contributed by atoms with Crippen LogP contribution in [0.1, 0.15) is 30.9 Å². The van der Waals surface area contributed by atoms with Crippen LogP contribution >= 0.6 is 35.3 Å². The molecule has 1 aromatic carbocycles. The van der Waals surface area contributed by atoms with Gasteiger partial charge in [0.15, 0.2) is 5.01 Å². The van der Waals surface area contributed by atoms with Gasteiger partial charge in [0, 0.05) is 67.6 Å². The highest BCUT2D eigenvalue weighted by atomic mass is 35.5. The Kier molecular flexibility index (Phi) is 10.8. The summed E-state index contributed by atoms with van der Waals surface area (Å²) in [6.07, 6.45) is 0.0943. The van der Waals surface area contributed by atoms with E-state index in [9.17, 15) is 14.4 Å². The number of H-pyrrole nitrogens is 1. The summed E-state index contributed by atoms with van der Waals surface area (Å²) in [5.41, 5.74) is 4.99. The molecule has 0 radical (unpaired) electrons. The molecule has 1 unspecified atom stereocenters. The molecule has 15 heteroatoms. The van der Waals surface area contributed by atoms with E-state index in [2.05, 4.69) is 25.6 Å². The number of likely N-dealkylation sites (N-methyl/N-ethyl adjacent to an activating group) is 1. The second kappa shape index (κ2) is 14.1. The molecule has 0 bridgehead atoms. The highest BCUT2D eigenvalue weighted by Crippen LogP contribution is 2.25. The smallest absolute Gasteiger partial charge is 0.282 e. The number of methoxy groups -OCH3 is 2. The van der Waals surface area contributed by atoms with E-state index < -0.39 is 12.1 Å². The highest BCUT2D eigenvalue weighted by Gasteiger charge is 2.35. The summed E-state index contributed by atoms with van der Waals surface area (Å²) in [5, 5.41) is 6.41. The third-order valence-electron chi connectivity index (χ3n) is 7.26. The first-order valence-corrected chi connectivity index (χ1v) is 14.6. The molecule has 0 aliphatic carbocycles. The number of rotatable bonds is 9. The Balaban J connectivity index is 0.00000405. The minimum absolute atomic E-state index is 0. The first kappa shape index (κ1) is 32.1. The van der Waals surface area contributed by atoms with E-state index in [0.717, 1.165) is 41.0 Å². The Morgan fingerprint density at radius 3 is 2.64 bits per heavy atom. The van der Waals surface area contributed by atoms with Crippen LogP contribution in [0, 0.1) is 5.92 Å². The molecule has 2 aliphatic rings. The molecule has 12 nitrogen and oxygen atoms in total. The number of ether oxygens (including phenoxy) is 2. The Morgan fingerprint density at radius 2 is 1.90 bits per heavy atom. The van der Waals surface area contributed by atoms with E-state index in [0.29, 0.717) is 28.8 Å². The number of carbonyl (C=O) groups excluding carboxylic acids is 3. The number of nitrogens with one attached hydrogen (secondary N) is 3. The average Bonchev–Trinajstić information content (AvgIpc) is 3.57. The molecule has 1 atom stereocenters. The van der Waals surface area contributed by atoms with Crippen LogP contribution in [-0.4, -0.2) is 109 Å². The van der Waals surface area contributed by atoms with Crippen LogP contribution in [0.15, 0.2) is 24.3 Å². The van der Waals surface area contributed by atoms with E-state index in [1.807, 2.05) is 13.1 Å². The van der Waals surface area contributed by atoms with E-state index in [1.165, 1.54) is 25.6 Å². The predicted octanol–water partition coefficient (Wildman–Crippen LogP) is 2.14. The molecule has 2 aromatic heterocycles. The molecule has 3 aromatic rings. The van der Waals surface area contributed by atoms with Crippen molar-refractivity contribution < 1.29 is 23.9 Å². The molecule has 1 saturated heterocycles. The van der Waals surface area contributed by atoms with E-state index in [1.54, 1.807) is 28.1 Å². The number of hydrogen-bond acceptors (Lipinski definition) is 9. The zero-order chi connectivity index (χ0) is 29.1. The van der Waals surface area contributed by atoms with Gasteiger partial charge in [-0.1, -0.05) is 11.6 Å². The van der Waals surface area contributed by atoms with E-state index in [4.69, 9.17) is 21.1 Å². The number of carbonyl (C=O) groups is 3. The third-order valence-corrected chi connectivity index (χ3v) is 8.58. The van der Waals surface area contributed by atoms with Crippen LogP contribution in [-0.2, 0) is 27.2 Å². The van der Waals surface area contributed by atoms with Crippen molar-refractivity contribution in [1.82, 2.24) is 35.5 Å². The molecule has 1 fully saturated rings. The number of hydrazine groups is 1. The molecule has 42 heavy (non-hydrogen) atoms. The first-order valence-electron chi connectivity index (χ1n) is 13.4. The summed E-state index contributed by atoms with van der Waals surface area (Å²) in [7, 11) is 5.12. The van der Waals surface area contributed by atoms with Gasteiger partial charge in [0.1, 0.15) is 11.9 Å². The molecule has 228 valence electrons. The fraction of sp³-hybridized carbons (Fsp3) is 0.481. The fourth-order valence-electron chi connectivity index (χ4n) is 5.14. The summed E-state index contributed by atoms with van der Waals surface area (Å²) in [4.78, 5) is 52.6. The van der Waals surface area contributed by atoms with Crippen molar-refractivity contribution in [3.63, 3.8) is 0 Å². The van der Waals surface area contributed by atoms with Crippen molar-refractivity contribution in [3.8, 4) is 0 Å². The van der Waals surface area contributed by atoms with Crippen LogP contribution in [0.5, 0.6) is 0 Å². The number of halogens is 2. The minimum atomic E-state index is -0.697. The van der Waals surface area contributed by atoms with Gasteiger partial charge in [0.2, 0.25) is 5.91 Å². The zero-order valence-electron chi connectivity index (χ0n) is 23.6.